The number of rotatable bonds is 6. The first-order valence-corrected chi connectivity index (χ1v) is 12.7. The van der Waals surface area contributed by atoms with Gasteiger partial charge in [-0.05, 0) is 67.5 Å². The Morgan fingerprint density at radius 3 is 2.51 bits per heavy atom. The fourth-order valence-electron chi connectivity index (χ4n) is 5.62. The summed E-state index contributed by atoms with van der Waals surface area (Å²) in [4.78, 5) is 15.5. The Balaban J connectivity index is 1.39. The van der Waals surface area contributed by atoms with Crippen LogP contribution in [-0.4, -0.2) is 41.7 Å². The molecule has 1 aliphatic carbocycles. The molecular weight excluding hydrogens is 519 g/mol. The summed E-state index contributed by atoms with van der Waals surface area (Å²) in [5, 5.41) is 7.24. The van der Waals surface area contributed by atoms with Crippen LogP contribution in [0, 0.1) is 5.41 Å². The maximum absolute atomic E-state index is 15.8. The molecule has 1 aliphatic heterocycles. The van der Waals surface area contributed by atoms with E-state index in [0.29, 0.717) is 17.5 Å². The van der Waals surface area contributed by atoms with E-state index >= 15 is 8.78 Å². The molecule has 1 aromatic carbocycles. The van der Waals surface area contributed by atoms with Crippen molar-refractivity contribution in [2.24, 2.45) is 12.5 Å². The number of benzene rings is 1. The van der Waals surface area contributed by atoms with Crippen LogP contribution in [0.3, 0.4) is 0 Å². The minimum atomic E-state index is -4.69. The Kier molecular flexibility index (Phi) is 5.76. The summed E-state index contributed by atoms with van der Waals surface area (Å²) in [6.45, 7) is 3.02. The van der Waals surface area contributed by atoms with Crippen molar-refractivity contribution < 1.29 is 22.0 Å². The molecule has 6 rings (SSSR count). The van der Waals surface area contributed by atoms with Crippen LogP contribution in [0.4, 0.5) is 22.0 Å². The molecule has 7 nitrogen and oxygen atoms in total. The van der Waals surface area contributed by atoms with Gasteiger partial charge in [-0.25, -0.2) is 13.6 Å². The van der Waals surface area contributed by atoms with Crippen LogP contribution in [0.15, 0.2) is 53.8 Å². The van der Waals surface area contributed by atoms with E-state index in [1.54, 1.807) is 0 Å². The average Bonchev–Trinajstić information content (AvgIpc) is 3.16. The average molecular weight is 547 g/mol. The molecule has 4 heterocycles. The summed E-state index contributed by atoms with van der Waals surface area (Å²) in [6.07, 6.45) is 0.252. The number of aryl methyl sites for hydroxylation is 1. The van der Waals surface area contributed by atoms with Crippen LogP contribution in [0.5, 0.6) is 0 Å². The van der Waals surface area contributed by atoms with Crippen LogP contribution in [-0.2, 0) is 25.4 Å². The molecule has 1 saturated heterocycles. The molecule has 0 amide bonds. The predicted molar refractivity (Wildman–Crippen MR) is 133 cm³/mol. The number of halogens is 5. The van der Waals surface area contributed by atoms with Crippen LogP contribution in [0.2, 0.25) is 0 Å². The van der Waals surface area contributed by atoms with Crippen molar-refractivity contribution in [2.75, 3.05) is 13.1 Å². The highest BCUT2D eigenvalue weighted by molar-refractivity contribution is 5.58. The van der Waals surface area contributed by atoms with Gasteiger partial charge >= 0.3 is 11.9 Å². The molecule has 2 aliphatic rings. The zero-order chi connectivity index (χ0) is 27.7. The van der Waals surface area contributed by atoms with E-state index in [2.05, 4.69) is 15.1 Å². The number of alkyl halides is 5. The van der Waals surface area contributed by atoms with Gasteiger partial charge in [-0.1, -0.05) is 12.1 Å². The van der Waals surface area contributed by atoms with Gasteiger partial charge in [0.15, 0.2) is 17.7 Å². The maximum Gasteiger partial charge on any atom is 0.418 e. The highest BCUT2D eigenvalue weighted by atomic mass is 19.4. The van der Waals surface area contributed by atoms with Gasteiger partial charge in [0, 0.05) is 32.5 Å². The molecule has 2 fully saturated rings. The Morgan fingerprint density at radius 1 is 1.10 bits per heavy atom. The summed E-state index contributed by atoms with van der Waals surface area (Å²) >= 11 is 0. The molecule has 2 unspecified atom stereocenters. The van der Waals surface area contributed by atoms with Crippen molar-refractivity contribution in [3.8, 4) is 5.69 Å². The number of pyridine rings is 1. The zero-order valence-corrected chi connectivity index (χ0v) is 21.4. The number of aromatic nitrogens is 5. The number of nitrogens with zero attached hydrogens (tertiary/aromatic N) is 6. The van der Waals surface area contributed by atoms with E-state index in [-0.39, 0.29) is 22.6 Å². The second-order valence-electron chi connectivity index (χ2n) is 11.0. The molecule has 2 atom stereocenters. The normalized spacial score (nSPS) is 19.6. The number of fused-ring (bicyclic) bond motifs is 1. The molecule has 4 aromatic rings. The molecule has 1 saturated carbocycles. The van der Waals surface area contributed by atoms with Crippen LogP contribution < -0.4 is 5.69 Å². The molecule has 1 spiro atoms. The fourth-order valence-corrected chi connectivity index (χ4v) is 5.62. The van der Waals surface area contributed by atoms with E-state index < -0.39 is 29.3 Å². The number of imidazole rings is 1. The molecule has 206 valence electrons. The van der Waals surface area contributed by atoms with Gasteiger partial charge < -0.3 is 4.57 Å². The lowest BCUT2D eigenvalue weighted by Gasteiger charge is -2.24. The third-order valence-electron chi connectivity index (χ3n) is 8.15. The van der Waals surface area contributed by atoms with Gasteiger partial charge in [0.1, 0.15) is 6.33 Å². The van der Waals surface area contributed by atoms with Gasteiger partial charge in [-0.2, -0.15) is 13.2 Å². The van der Waals surface area contributed by atoms with E-state index in [0.717, 1.165) is 60.5 Å². The Hall–Kier alpha value is -3.54. The van der Waals surface area contributed by atoms with Crippen molar-refractivity contribution >= 4 is 5.52 Å². The van der Waals surface area contributed by atoms with E-state index in [4.69, 9.17) is 0 Å². The lowest BCUT2D eigenvalue weighted by Crippen LogP contribution is -2.25. The SMILES string of the molecule is Cn1cnnc1C(F)C(C)(F)c1cccc(-n2cc3c(C(F)(F)F)cc(CN4CCC5(CC5)C4)cn3c2=O)c1. The van der Waals surface area contributed by atoms with Gasteiger partial charge in [-0.3, -0.25) is 13.9 Å². The van der Waals surface area contributed by atoms with Crippen molar-refractivity contribution in [2.45, 2.75) is 50.7 Å². The van der Waals surface area contributed by atoms with Crippen LogP contribution in [0.25, 0.3) is 11.2 Å². The monoisotopic (exact) mass is 546 g/mol. The summed E-state index contributed by atoms with van der Waals surface area (Å²) < 4.78 is 76.6. The second kappa shape index (κ2) is 8.73. The quantitative estimate of drug-likeness (QED) is 0.315. The summed E-state index contributed by atoms with van der Waals surface area (Å²) in [5.41, 5.74) is -3.81. The first-order valence-electron chi connectivity index (χ1n) is 12.7. The Labute approximate surface area is 220 Å². The number of likely N-dealkylation sites (tertiary alicyclic amines) is 1. The Bertz CT molecular complexity index is 1610. The van der Waals surface area contributed by atoms with E-state index in [1.807, 2.05) is 0 Å². The van der Waals surface area contributed by atoms with Crippen molar-refractivity contribution in [1.29, 1.82) is 0 Å². The Morgan fingerprint density at radius 2 is 1.87 bits per heavy atom. The second-order valence-corrected chi connectivity index (χ2v) is 11.0. The maximum atomic E-state index is 15.8. The predicted octanol–water partition coefficient (Wildman–Crippen LogP) is 5.12. The fraction of sp³-hybridized carbons (Fsp3) is 0.444. The minimum Gasteiger partial charge on any atom is -0.318 e. The molecule has 3 aromatic heterocycles. The lowest BCUT2D eigenvalue weighted by atomic mass is 9.92. The molecule has 0 bridgehead atoms. The zero-order valence-electron chi connectivity index (χ0n) is 21.4. The van der Waals surface area contributed by atoms with Gasteiger partial charge in [0.2, 0.25) is 0 Å². The highest BCUT2D eigenvalue weighted by Gasteiger charge is 2.47. The molecule has 12 heteroatoms. The minimum absolute atomic E-state index is 0.0996. The standard InChI is InChI=1S/C27H27F5N6O/c1-25(29,22(28)23-34-33-16-35(23)2)18-4-3-5-19(11-18)37-14-21-20(27(30,31)32)10-17(13-38(21)24(37)39)12-36-9-8-26(15-36)6-7-26/h3-5,10-11,13-14,16,22H,6-9,12,15H2,1-2H3. The van der Waals surface area contributed by atoms with E-state index in [9.17, 15) is 18.0 Å². The molecular formula is C27H27F5N6O. The van der Waals surface area contributed by atoms with Crippen molar-refractivity contribution in [1.82, 2.24) is 28.6 Å². The third kappa shape index (κ3) is 4.44. The third-order valence-corrected chi connectivity index (χ3v) is 8.15. The molecule has 0 radical (unpaired) electrons. The first-order chi connectivity index (χ1) is 18.4. The smallest absolute Gasteiger partial charge is 0.318 e. The van der Waals surface area contributed by atoms with Gasteiger partial charge in [0.25, 0.3) is 0 Å². The molecule has 39 heavy (non-hydrogen) atoms. The van der Waals surface area contributed by atoms with Crippen LogP contribution >= 0.6 is 0 Å². The topological polar surface area (TPSA) is 60.4 Å². The van der Waals surface area contributed by atoms with Crippen molar-refractivity contribution in [3.63, 3.8) is 0 Å². The van der Waals surface area contributed by atoms with Crippen molar-refractivity contribution in [3.05, 3.63) is 82.1 Å². The van der Waals surface area contributed by atoms with Crippen LogP contribution in [0.1, 0.15) is 54.9 Å². The molecule has 0 N–H and O–H groups in total. The van der Waals surface area contributed by atoms with Gasteiger partial charge in [-0.15, -0.1) is 10.2 Å². The van der Waals surface area contributed by atoms with Gasteiger partial charge in [0.05, 0.1) is 16.8 Å². The lowest BCUT2D eigenvalue weighted by molar-refractivity contribution is -0.136. The number of hydrogen-bond donors (Lipinski definition) is 0. The first kappa shape index (κ1) is 25.7. The number of hydrogen-bond acceptors (Lipinski definition) is 4. The summed E-state index contributed by atoms with van der Waals surface area (Å²) in [6, 6.07) is 6.61. The highest BCUT2D eigenvalue weighted by Crippen LogP contribution is 2.52. The largest absolute Gasteiger partial charge is 0.418 e. The summed E-state index contributed by atoms with van der Waals surface area (Å²) in [5.74, 6) is -0.217. The summed E-state index contributed by atoms with van der Waals surface area (Å²) in [7, 11) is 1.49. The van der Waals surface area contributed by atoms with E-state index in [1.165, 1.54) is 48.4 Å².